The molecule has 0 aromatic rings. The van der Waals surface area contributed by atoms with Crippen LogP contribution >= 0.6 is 26.5 Å². The van der Waals surface area contributed by atoms with Gasteiger partial charge >= 0.3 is 6.72 Å². The molecule has 6 unspecified atom stereocenters. The minimum atomic E-state index is -3.45. The molecular weight excluding hydrogens is 380 g/mol. The molecule has 0 saturated carbocycles. The molecule has 4 radical (unpaired) electrons. The van der Waals surface area contributed by atoms with E-state index in [1.807, 2.05) is 0 Å². The van der Waals surface area contributed by atoms with E-state index in [1.165, 1.54) is 0 Å². The molecule has 2 bridgehead atoms. The van der Waals surface area contributed by atoms with Gasteiger partial charge in [0.2, 0.25) is 7.58 Å². The van der Waals surface area contributed by atoms with E-state index in [-0.39, 0.29) is 25.4 Å². The SMILES string of the molecule is [B]C1C[C@@H]2OP(O)(=S)OCC3C[C@@H](OP(S)OCC2O1)C([B])O3. The molecule has 3 aliphatic heterocycles. The topological polar surface area (TPSA) is 75.6 Å². The molecule has 13 heteroatoms. The van der Waals surface area contributed by atoms with Gasteiger partial charge in [-0.2, -0.15) is 0 Å². The number of fused-ring (bicyclic) bond motifs is 3. The highest BCUT2D eigenvalue weighted by Crippen LogP contribution is 2.51. The van der Waals surface area contributed by atoms with Crippen molar-refractivity contribution in [2.45, 2.75) is 49.3 Å². The second kappa shape index (κ2) is 7.89. The average Bonchev–Trinajstić information content (AvgIpc) is 2.97. The first-order valence-electron chi connectivity index (χ1n) is 7.09. The minimum Gasteiger partial charge on any atom is -0.380 e. The standard InChI is InChI=1S/C10H16B2O7P2S2/c11-9-2-6-8(17-9)4-14-20(22)18-7-1-5(16-10(7)12)3-15-21(13,23)19-6/h5-10,22H,1-4H2,(H,13,23)/t5?,6-,7+,8?,9?,10?,20?,21?/m0/s1. The summed E-state index contributed by atoms with van der Waals surface area (Å²) in [5.74, 6) is 0. The average molecular weight is 396 g/mol. The molecule has 0 aromatic heterocycles. The Balaban J connectivity index is 1.72. The maximum absolute atomic E-state index is 10.2. The van der Waals surface area contributed by atoms with E-state index in [0.29, 0.717) is 12.8 Å². The van der Waals surface area contributed by atoms with E-state index in [0.717, 1.165) is 0 Å². The smallest absolute Gasteiger partial charge is 0.324 e. The van der Waals surface area contributed by atoms with Crippen LogP contribution in [0.5, 0.6) is 0 Å². The van der Waals surface area contributed by atoms with E-state index in [9.17, 15) is 4.89 Å². The molecule has 23 heavy (non-hydrogen) atoms. The van der Waals surface area contributed by atoms with Gasteiger partial charge in [-0.15, -0.1) is 0 Å². The van der Waals surface area contributed by atoms with Gasteiger partial charge in [0.15, 0.2) is 0 Å². The van der Waals surface area contributed by atoms with Crippen molar-refractivity contribution in [1.29, 1.82) is 0 Å². The van der Waals surface area contributed by atoms with Gasteiger partial charge < -0.3 is 32.5 Å². The zero-order valence-corrected chi connectivity index (χ0v) is 15.6. The third kappa shape index (κ3) is 5.14. The third-order valence-corrected chi connectivity index (χ3v) is 6.74. The summed E-state index contributed by atoms with van der Waals surface area (Å²) in [6.07, 6.45) is -0.829. The van der Waals surface area contributed by atoms with Crippen molar-refractivity contribution in [3.05, 3.63) is 0 Å². The lowest BCUT2D eigenvalue weighted by atomic mass is 9.95. The summed E-state index contributed by atoms with van der Waals surface area (Å²) in [6, 6.07) is -1.13. The fourth-order valence-corrected chi connectivity index (χ4v) is 5.47. The van der Waals surface area contributed by atoms with E-state index in [1.54, 1.807) is 0 Å². The van der Waals surface area contributed by atoms with Gasteiger partial charge in [-0.1, -0.05) is 12.2 Å². The first-order chi connectivity index (χ1) is 10.8. The Labute approximate surface area is 149 Å². The molecule has 7 nitrogen and oxygen atoms in total. The summed E-state index contributed by atoms with van der Waals surface area (Å²) < 4.78 is 33.2. The first-order valence-corrected chi connectivity index (χ1v) is 12.0. The lowest BCUT2D eigenvalue weighted by molar-refractivity contribution is -0.00558. The van der Waals surface area contributed by atoms with Gasteiger partial charge in [0, 0.05) is 18.4 Å². The third-order valence-electron chi connectivity index (χ3n) is 3.71. The van der Waals surface area contributed by atoms with Gasteiger partial charge in [0.1, 0.15) is 21.8 Å². The van der Waals surface area contributed by atoms with Crippen LogP contribution in [0.2, 0.25) is 0 Å². The number of hydrogen-bond donors (Lipinski definition) is 2. The van der Waals surface area contributed by atoms with Crippen LogP contribution in [0.1, 0.15) is 12.8 Å². The summed E-state index contributed by atoms with van der Waals surface area (Å²) in [7, 11) is 10.2. The van der Waals surface area contributed by atoms with Crippen molar-refractivity contribution >= 4 is 54.0 Å². The summed E-state index contributed by atoms with van der Waals surface area (Å²) in [5, 5.41) is 0. The Morgan fingerprint density at radius 1 is 1.13 bits per heavy atom. The van der Waals surface area contributed by atoms with E-state index >= 15 is 0 Å². The highest BCUT2D eigenvalue weighted by molar-refractivity contribution is 8.41. The summed E-state index contributed by atoms with van der Waals surface area (Å²) in [4.78, 5) is 10.2. The fraction of sp³-hybridized carbons (Fsp3) is 1.00. The fourth-order valence-electron chi connectivity index (χ4n) is 2.64. The van der Waals surface area contributed by atoms with Crippen molar-refractivity contribution in [2.75, 3.05) is 13.2 Å². The van der Waals surface area contributed by atoms with Crippen LogP contribution in [0.15, 0.2) is 0 Å². The second-order valence-corrected chi connectivity index (χ2v) is 10.2. The molecule has 0 aliphatic carbocycles. The zero-order valence-electron chi connectivity index (χ0n) is 12.1. The van der Waals surface area contributed by atoms with Crippen molar-refractivity contribution in [3.63, 3.8) is 0 Å². The van der Waals surface area contributed by atoms with Crippen molar-refractivity contribution in [3.8, 4) is 0 Å². The summed E-state index contributed by atoms with van der Waals surface area (Å²) >= 11 is 9.34. The Bertz CT molecular complexity index is 478. The van der Waals surface area contributed by atoms with Crippen molar-refractivity contribution < 1.29 is 32.5 Å². The number of ether oxygens (including phenoxy) is 2. The highest BCUT2D eigenvalue weighted by atomic mass is 32.7. The maximum atomic E-state index is 10.2. The van der Waals surface area contributed by atoms with Crippen LogP contribution in [-0.4, -0.2) is 70.2 Å². The van der Waals surface area contributed by atoms with Crippen LogP contribution in [0, 0.1) is 0 Å². The van der Waals surface area contributed by atoms with Crippen LogP contribution < -0.4 is 0 Å². The van der Waals surface area contributed by atoms with Gasteiger partial charge in [-0.3, -0.25) is 0 Å². The van der Waals surface area contributed by atoms with Crippen LogP contribution in [0.3, 0.4) is 0 Å². The maximum Gasteiger partial charge on any atom is 0.324 e. The molecule has 126 valence electrons. The lowest BCUT2D eigenvalue weighted by Gasteiger charge is -2.25. The summed E-state index contributed by atoms with van der Waals surface area (Å²) in [5.41, 5.74) is 0. The van der Waals surface area contributed by atoms with E-state index < -0.39 is 38.5 Å². The predicted molar refractivity (Wildman–Crippen MR) is 92.1 cm³/mol. The molecule has 3 aliphatic rings. The van der Waals surface area contributed by atoms with Gasteiger partial charge in [0.05, 0.1) is 31.5 Å². The van der Waals surface area contributed by atoms with Gasteiger partial charge in [-0.25, -0.2) is 0 Å². The Morgan fingerprint density at radius 3 is 2.70 bits per heavy atom. The van der Waals surface area contributed by atoms with Gasteiger partial charge in [-0.05, 0) is 18.2 Å². The van der Waals surface area contributed by atoms with Crippen molar-refractivity contribution in [2.24, 2.45) is 0 Å². The molecule has 3 fully saturated rings. The molecule has 0 aromatic carbocycles. The van der Waals surface area contributed by atoms with Crippen LogP contribution in [-0.2, 0) is 39.4 Å². The normalized spacial score (nSPS) is 52.2. The predicted octanol–water partition coefficient (Wildman–Crippen LogP) is 0.744. The number of thiol groups is 1. The molecule has 0 spiro atoms. The monoisotopic (exact) mass is 396 g/mol. The van der Waals surface area contributed by atoms with E-state index in [4.69, 9.17) is 55.1 Å². The minimum absolute atomic E-state index is 0.0665. The summed E-state index contributed by atoms with van der Waals surface area (Å²) in [6.45, 7) is -3.23. The number of rotatable bonds is 0. The van der Waals surface area contributed by atoms with Crippen molar-refractivity contribution in [1.82, 2.24) is 0 Å². The van der Waals surface area contributed by atoms with Crippen LogP contribution in [0.4, 0.5) is 0 Å². The Hall–Kier alpha value is 1.28. The molecule has 0 amide bonds. The quantitative estimate of drug-likeness (QED) is 0.353. The largest absolute Gasteiger partial charge is 0.380 e. The van der Waals surface area contributed by atoms with Crippen LogP contribution in [0.25, 0.3) is 0 Å². The molecule has 1 N–H and O–H groups in total. The second-order valence-electron chi connectivity index (χ2n) is 5.49. The molecule has 3 rings (SSSR count). The highest BCUT2D eigenvalue weighted by Gasteiger charge is 2.40. The lowest BCUT2D eigenvalue weighted by Crippen LogP contribution is -2.29. The Morgan fingerprint density at radius 2 is 1.91 bits per heavy atom. The van der Waals surface area contributed by atoms with Gasteiger partial charge in [0.25, 0.3) is 0 Å². The zero-order chi connectivity index (χ0) is 16.6. The number of hydrogen-bond acceptors (Lipinski definition) is 8. The molecule has 3 heterocycles. The molecular formula is C10H16B2O7P2S2. The Kier molecular flexibility index (Phi) is 6.53. The molecule has 8 atom stereocenters. The first kappa shape index (κ1) is 19.1. The molecule has 3 saturated heterocycles. The van der Waals surface area contributed by atoms with E-state index in [2.05, 4.69) is 12.2 Å².